The van der Waals surface area contributed by atoms with Gasteiger partial charge in [-0.1, -0.05) is 56.7 Å². The van der Waals surface area contributed by atoms with Crippen molar-refractivity contribution in [1.82, 2.24) is 14.5 Å². The fourth-order valence-corrected chi connectivity index (χ4v) is 6.73. The Morgan fingerprint density at radius 2 is 1.86 bits per heavy atom. The first-order valence-electron chi connectivity index (χ1n) is 14.8. The van der Waals surface area contributed by atoms with Crippen LogP contribution in [0.15, 0.2) is 83.4 Å². The molecule has 0 bridgehead atoms. The molecule has 0 N–H and O–H groups in total. The summed E-state index contributed by atoms with van der Waals surface area (Å²) < 4.78 is 62.9. The van der Waals surface area contributed by atoms with Gasteiger partial charge in [0.05, 0.1) is 24.2 Å². The SMILES string of the molecule is C=C/C=C(\C=C)C(CCS(=O)(=O)c1nc(C)cc(-c2cc(F)c(=O)n(CC3CCCCC3)c2)n1)OCc1ccc(F)cc1C. The number of allylic oxidation sites excluding steroid dienone is 2. The largest absolute Gasteiger partial charge is 0.369 e. The van der Waals surface area contributed by atoms with Crippen molar-refractivity contribution in [2.75, 3.05) is 5.75 Å². The summed E-state index contributed by atoms with van der Waals surface area (Å²) >= 11 is 0. The van der Waals surface area contributed by atoms with E-state index in [0.717, 1.165) is 43.7 Å². The number of benzene rings is 1. The summed E-state index contributed by atoms with van der Waals surface area (Å²) in [5, 5.41) is -0.390. The van der Waals surface area contributed by atoms with Crippen LogP contribution in [-0.4, -0.2) is 34.8 Å². The summed E-state index contributed by atoms with van der Waals surface area (Å²) in [4.78, 5) is 21.1. The molecule has 1 unspecified atom stereocenters. The van der Waals surface area contributed by atoms with Crippen LogP contribution in [0.5, 0.6) is 0 Å². The maximum Gasteiger partial charge on any atom is 0.286 e. The van der Waals surface area contributed by atoms with E-state index in [0.29, 0.717) is 28.9 Å². The molecule has 3 aromatic rings. The molecule has 1 aromatic carbocycles. The number of aryl methyl sites for hydroxylation is 2. The lowest BCUT2D eigenvalue weighted by Crippen LogP contribution is -2.27. The number of nitrogens with zero attached hydrogens (tertiary/aromatic N) is 3. The smallest absolute Gasteiger partial charge is 0.286 e. The van der Waals surface area contributed by atoms with E-state index in [9.17, 15) is 22.0 Å². The van der Waals surface area contributed by atoms with Crippen LogP contribution in [0.25, 0.3) is 11.3 Å². The standard InChI is InChI=1S/C34H39F2N3O4S/c1-5-10-26(6-2)32(43-22-27-13-14-29(35)17-23(27)3)15-16-44(41,42)34-37-24(4)18-31(38-34)28-19-30(36)33(40)39(21-28)20-25-11-8-7-9-12-25/h5-6,10,13-14,17-19,21,25,32H,1-2,7-9,11-12,15-16,20,22H2,3-4H3/b26-10+. The van der Waals surface area contributed by atoms with Crippen LogP contribution in [-0.2, 0) is 27.7 Å². The van der Waals surface area contributed by atoms with Crippen LogP contribution in [0.1, 0.15) is 55.3 Å². The van der Waals surface area contributed by atoms with Gasteiger partial charge >= 0.3 is 0 Å². The van der Waals surface area contributed by atoms with E-state index in [4.69, 9.17) is 4.74 Å². The fraction of sp³-hybridized carbons (Fsp3) is 0.382. The quantitative estimate of drug-likeness (QED) is 0.153. The highest BCUT2D eigenvalue weighted by Crippen LogP contribution is 2.26. The Bertz CT molecular complexity index is 1710. The Morgan fingerprint density at radius 1 is 1.11 bits per heavy atom. The van der Waals surface area contributed by atoms with Gasteiger partial charge in [0.2, 0.25) is 15.0 Å². The first-order valence-corrected chi connectivity index (χ1v) is 16.5. The summed E-state index contributed by atoms with van der Waals surface area (Å²) in [5.41, 5.74) is 2.32. The average molecular weight is 624 g/mol. The molecule has 1 saturated carbocycles. The minimum Gasteiger partial charge on any atom is -0.369 e. The molecule has 234 valence electrons. The summed E-state index contributed by atoms with van der Waals surface area (Å²) in [6.07, 6.45) is 11.1. The third-order valence-electron chi connectivity index (χ3n) is 7.94. The minimum atomic E-state index is -4.01. The zero-order chi connectivity index (χ0) is 31.9. The molecule has 10 heteroatoms. The van der Waals surface area contributed by atoms with E-state index in [2.05, 4.69) is 23.1 Å². The molecule has 1 fully saturated rings. The van der Waals surface area contributed by atoms with Gasteiger partial charge < -0.3 is 9.30 Å². The number of aromatic nitrogens is 3. The Morgan fingerprint density at radius 3 is 2.55 bits per heavy atom. The zero-order valence-electron chi connectivity index (χ0n) is 25.3. The van der Waals surface area contributed by atoms with E-state index in [1.165, 1.54) is 16.7 Å². The molecule has 4 rings (SSSR count). The summed E-state index contributed by atoms with van der Waals surface area (Å²) in [6, 6.07) is 7.05. The van der Waals surface area contributed by atoms with Crippen molar-refractivity contribution in [2.24, 2.45) is 5.92 Å². The van der Waals surface area contributed by atoms with Crippen LogP contribution >= 0.6 is 0 Å². The van der Waals surface area contributed by atoms with E-state index in [-0.39, 0.29) is 41.4 Å². The van der Waals surface area contributed by atoms with Gasteiger partial charge in [-0.25, -0.2) is 27.2 Å². The maximum absolute atomic E-state index is 14.8. The highest BCUT2D eigenvalue weighted by molar-refractivity contribution is 7.91. The molecule has 2 heterocycles. The zero-order valence-corrected chi connectivity index (χ0v) is 26.1. The molecular formula is C34H39F2N3O4S. The van der Waals surface area contributed by atoms with Gasteiger partial charge in [-0.15, -0.1) is 0 Å². The predicted octanol–water partition coefficient (Wildman–Crippen LogP) is 6.83. The second-order valence-electron chi connectivity index (χ2n) is 11.3. The van der Waals surface area contributed by atoms with Gasteiger partial charge in [0.15, 0.2) is 5.82 Å². The Kier molecular flexibility index (Phi) is 11.2. The third-order valence-corrected chi connectivity index (χ3v) is 9.45. The lowest BCUT2D eigenvalue weighted by Gasteiger charge is -2.22. The van der Waals surface area contributed by atoms with Crippen LogP contribution in [0, 0.1) is 31.4 Å². The maximum atomic E-state index is 14.8. The van der Waals surface area contributed by atoms with E-state index in [1.807, 2.05) is 0 Å². The molecule has 0 radical (unpaired) electrons. The molecule has 0 amide bonds. The van der Waals surface area contributed by atoms with Crippen molar-refractivity contribution in [2.45, 2.75) is 76.8 Å². The first kappa shape index (κ1) is 33.1. The van der Waals surface area contributed by atoms with E-state index >= 15 is 0 Å². The molecule has 7 nitrogen and oxygen atoms in total. The van der Waals surface area contributed by atoms with Crippen molar-refractivity contribution in [3.05, 3.63) is 112 Å². The van der Waals surface area contributed by atoms with Crippen LogP contribution < -0.4 is 5.56 Å². The molecule has 2 aromatic heterocycles. The highest BCUT2D eigenvalue weighted by Gasteiger charge is 2.24. The predicted molar refractivity (Wildman–Crippen MR) is 168 cm³/mol. The summed E-state index contributed by atoms with van der Waals surface area (Å²) in [5.74, 6) is -1.32. The number of pyridine rings is 1. The second-order valence-corrected chi connectivity index (χ2v) is 13.3. The first-order chi connectivity index (χ1) is 21.0. The Balaban J connectivity index is 1.58. The summed E-state index contributed by atoms with van der Waals surface area (Å²) in [6.45, 7) is 11.5. The number of ether oxygens (including phenoxy) is 1. The molecular weight excluding hydrogens is 584 g/mol. The Labute approximate surface area is 258 Å². The number of sulfone groups is 1. The van der Waals surface area contributed by atoms with Crippen molar-refractivity contribution < 1.29 is 21.9 Å². The van der Waals surface area contributed by atoms with Gasteiger partial charge in [-0.2, -0.15) is 0 Å². The fourth-order valence-electron chi connectivity index (χ4n) is 5.51. The van der Waals surface area contributed by atoms with Gasteiger partial charge in [0.1, 0.15) is 5.82 Å². The molecule has 44 heavy (non-hydrogen) atoms. The van der Waals surface area contributed by atoms with Gasteiger partial charge in [0.25, 0.3) is 5.56 Å². The van der Waals surface area contributed by atoms with Gasteiger partial charge in [0, 0.05) is 24.0 Å². The monoisotopic (exact) mass is 623 g/mol. The van der Waals surface area contributed by atoms with Crippen molar-refractivity contribution in [3.63, 3.8) is 0 Å². The number of hydrogen-bond acceptors (Lipinski definition) is 6. The van der Waals surface area contributed by atoms with Gasteiger partial charge in [-0.3, -0.25) is 4.79 Å². The number of halogens is 2. The molecule has 1 aliphatic carbocycles. The van der Waals surface area contributed by atoms with E-state index < -0.39 is 27.3 Å². The van der Waals surface area contributed by atoms with Crippen LogP contribution in [0.4, 0.5) is 8.78 Å². The lowest BCUT2D eigenvalue weighted by molar-refractivity contribution is 0.0644. The third kappa shape index (κ3) is 8.45. The van der Waals surface area contributed by atoms with Crippen molar-refractivity contribution >= 4 is 9.84 Å². The molecule has 0 aliphatic heterocycles. The molecule has 1 aliphatic rings. The topological polar surface area (TPSA) is 91.2 Å². The van der Waals surface area contributed by atoms with Gasteiger partial charge in [-0.05, 0) is 80.0 Å². The lowest BCUT2D eigenvalue weighted by atomic mass is 9.89. The van der Waals surface area contributed by atoms with Crippen LogP contribution in [0.3, 0.4) is 0 Å². The summed E-state index contributed by atoms with van der Waals surface area (Å²) in [7, 11) is -4.01. The molecule has 0 spiro atoms. The van der Waals surface area contributed by atoms with Crippen LogP contribution in [0.2, 0.25) is 0 Å². The second kappa shape index (κ2) is 14.8. The van der Waals surface area contributed by atoms with Crippen molar-refractivity contribution in [1.29, 1.82) is 0 Å². The average Bonchev–Trinajstić information content (AvgIpc) is 2.99. The number of hydrogen-bond donors (Lipinski definition) is 0. The normalized spacial score (nSPS) is 15.2. The minimum absolute atomic E-state index is 0.0573. The highest BCUT2D eigenvalue weighted by atomic mass is 32.2. The van der Waals surface area contributed by atoms with E-state index in [1.54, 1.807) is 50.4 Å². The number of rotatable bonds is 13. The molecule has 1 atom stereocenters. The van der Waals surface area contributed by atoms with Crippen molar-refractivity contribution in [3.8, 4) is 11.3 Å². The Hall–Kier alpha value is -3.76. The molecule has 0 saturated heterocycles.